The summed E-state index contributed by atoms with van der Waals surface area (Å²) in [5, 5.41) is 13.8. The van der Waals surface area contributed by atoms with Gasteiger partial charge in [-0.25, -0.2) is 9.59 Å². The number of hydrogen-bond acceptors (Lipinski definition) is 7. The lowest BCUT2D eigenvalue weighted by Crippen LogP contribution is -2.45. The highest BCUT2D eigenvalue weighted by Gasteiger charge is 2.28. The van der Waals surface area contributed by atoms with Crippen LogP contribution >= 0.6 is 22.6 Å². The average molecular weight is 567 g/mol. The second kappa shape index (κ2) is 10.3. The second-order valence-corrected chi connectivity index (χ2v) is 9.50. The molecule has 2 N–H and O–H groups in total. The molecule has 33 heavy (non-hydrogen) atoms. The Morgan fingerprint density at radius 2 is 1.88 bits per heavy atom. The molecule has 0 aliphatic heterocycles. The number of carbonyl (C=O) groups is 2. The summed E-state index contributed by atoms with van der Waals surface area (Å²) in [6.07, 6.45) is 0.630. The number of ether oxygens (including phenoxy) is 3. The number of hydrogen-bond donors (Lipinski definition) is 2. The second-order valence-electron chi connectivity index (χ2n) is 8.26. The van der Waals surface area contributed by atoms with Gasteiger partial charge < -0.3 is 29.1 Å². The minimum absolute atomic E-state index is 0.0475. The van der Waals surface area contributed by atoms with Crippen LogP contribution in [0.2, 0.25) is 0 Å². The highest BCUT2D eigenvalue weighted by molar-refractivity contribution is 14.1. The van der Waals surface area contributed by atoms with Crippen LogP contribution < -0.4 is 10.1 Å². The Balaban J connectivity index is 1.93. The third kappa shape index (κ3) is 6.53. The molecule has 0 bridgehead atoms. The lowest BCUT2D eigenvalue weighted by atomic mass is 10.0. The van der Waals surface area contributed by atoms with Crippen LogP contribution in [0, 0.1) is 3.57 Å². The van der Waals surface area contributed by atoms with Gasteiger partial charge in [-0.3, -0.25) is 0 Å². The molecule has 8 nitrogen and oxygen atoms in total. The van der Waals surface area contributed by atoms with Crippen molar-refractivity contribution < 1.29 is 33.3 Å². The largest absolute Gasteiger partial charge is 0.507 e. The van der Waals surface area contributed by atoms with Crippen molar-refractivity contribution >= 4 is 45.6 Å². The molecule has 3 rings (SSSR count). The van der Waals surface area contributed by atoms with Gasteiger partial charge in [0.05, 0.1) is 18.3 Å². The van der Waals surface area contributed by atoms with Crippen molar-refractivity contribution in [2.45, 2.75) is 45.8 Å². The van der Waals surface area contributed by atoms with Crippen molar-refractivity contribution in [3.8, 4) is 17.2 Å². The number of alkyl carbamates (subject to hydrolysis) is 1. The zero-order valence-electron chi connectivity index (χ0n) is 18.8. The van der Waals surface area contributed by atoms with Crippen molar-refractivity contribution in [3.63, 3.8) is 0 Å². The van der Waals surface area contributed by atoms with E-state index in [2.05, 4.69) is 27.9 Å². The van der Waals surface area contributed by atoms with Crippen molar-refractivity contribution in [2.24, 2.45) is 0 Å². The normalized spacial score (nSPS) is 12.3. The lowest BCUT2D eigenvalue weighted by Gasteiger charge is -2.23. The Kier molecular flexibility index (Phi) is 7.72. The van der Waals surface area contributed by atoms with Crippen LogP contribution in [0.1, 0.15) is 33.3 Å². The maximum absolute atomic E-state index is 12.6. The molecule has 1 unspecified atom stereocenters. The third-order valence-corrected chi connectivity index (χ3v) is 5.20. The predicted octanol–water partition coefficient (Wildman–Crippen LogP) is 5.53. The summed E-state index contributed by atoms with van der Waals surface area (Å²) in [5.41, 5.74) is -0.00329. The first-order valence-electron chi connectivity index (χ1n) is 10.4. The maximum atomic E-state index is 12.6. The molecule has 1 amide bonds. The molecule has 0 saturated carbocycles. The number of furan rings is 1. The van der Waals surface area contributed by atoms with Gasteiger partial charge in [0.2, 0.25) is 0 Å². The van der Waals surface area contributed by atoms with Gasteiger partial charge in [0.25, 0.3) is 0 Å². The topological polar surface area (TPSA) is 107 Å². The molecule has 0 radical (unpaired) electrons. The Hall–Kier alpha value is -2.95. The van der Waals surface area contributed by atoms with Crippen LogP contribution in [0.15, 0.2) is 47.1 Å². The zero-order valence-corrected chi connectivity index (χ0v) is 21.0. The van der Waals surface area contributed by atoms with Gasteiger partial charge in [0, 0.05) is 15.6 Å². The van der Waals surface area contributed by atoms with Crippen LogP contribution in [0.25, 0.3) is 11.0 Å². The fraction of sp³-hybridized carbons (Fsp3) is 0.333. The number of fused-ring (bicyclic) bond motifs is 1. The molecular weight excluding hydrogens is 541 g/mol. The van der Waals surface area contributed by atoms with Gasteiger partial charge >= 0.3 is 12.1 Å². The first kappa shape index (κ1) is 24.7. The number of esters is 1. The first-order chi connectivity index (χ1) is 15.6. The van der Waals surface area contributed by atoms with Gasteiger partial charge in [0.15, 0.2) is 11.3 Å². The maximum Gasteiger partial charge on any atom is 0.408 e. The number of aromatic hydroxyl groups is 1. The van der Waals surface area contributed by atoms with E-state index in [9.17, 15) is 14.7 Å². The van der Waals surface area contributed by atoms with Gasteiger partial charge in [-0.15, -0.1) is 0 Å². The number of benzene rings is 2. The van der Waals surface area contributed by atoms with E-state index in [1.165, 1.54) is 6.26 Å². The van der Waals surface area contributed by atoms with Gasteiger partial charge in [-0.05, 0) is 86.7 Å². The van der Waals surface area contributed by atoms with Gasteiger partial charge in [-0.1, -0.05) is 0 Å². The summed E-state index contributed by atoms with van der Waals surface area (Å²) in [4.78, 5) is 24.9. The fourth-order valence-corrected chi connectivity index (χ4v) is 3.48. The molecule has 1 atom stereocenters. The quantitative estimate of drug-likeness (QED) is 0.286. The van der Waals surface area contributed by atoms with E-state index in [-0.39, 0.29) is 18.8 Å². The van der Waals surface area contributed by atoms with E-state index in [1.807, 2.05) is 24.3 Å². The number of amides is 1. The SMILES string of the molecule is CCOC(=O)C(Cc1cc(Oc2ccc(I)cc2)c2occc2c1O)NC(=O)OC(C)(C)C. The average Bonchev–Trinajstić information content (AvgIpc) is 3.22. The number of nitrogens with one attached hydrogen (secondary N) is 1. The Morgan fingerprint density at radius 3 is 2.52 bits per heavy atom. The molecule has 176 valence electrons. The fourth-order valence-electron chi connectivity index (χ4n) is 3.12. The predicted molar refractivity (Wildman–Crippen MR) is 131 cm³/mol. The van der Waals surface area contributed by atoms with Crippen LogP contribution in [0.5, 0.6) is 17.2 Å². The number of phenols is 1. The molecule has 1 heterocycles. The first-order valence-corrected chi connectivity index (χ1v) is 11.5. The monoisotopic (exact) mass is 567 g/mol. The Labute approximate surface area is 205 Å². The number of phenolic OH excluding ortho intramolecular Hbond substituents is 1. The number of halogens is 1. The minimum Gasteiger partial charge on any atom is -0.507 e. The van der Waals surface area contributed by atoms with E-state index >= 15 is 0 Å². The van der Waals surface area contributed by atoms with Crippen molar-refractivity contribution in [1.82, 2.24) is 5.32 Å². The van der Waals surface area contributed by atoms with E-state index in [1.54, 1.807) is 39.8 Å². The molecule has 3 aromatic rings. The summed E-state index contributed by atoms with van der Waals surface area (Å²) >= 11 is 2.20. The Bertz CT molecular complexity index is 1130. The Morgan fingerprint density at radius 1 is 1.18 bits per heavy atom. The lowest BCUT2D eigenvalue weighted by molar-refractivity contribution is -0.145. The highest BCUT2D eigenvalue weighted by atomic mass is 127. The van der Waals surface area contributed by atoms with Crippen molar-refractivity contribution in [1.29, 1.82) is 0 Å². The van der Waals surface area contributed by atoms with E-state index in [0.717, 1.165) is 3.57 Å². The van der Waals surface area contributed by atoms with Crippen molar-refractivity contribution in [2.75, 3.05) is 6.61 Å². The number of rotatable bonds is 7. The van der Waals surface area contributed by atoms with Crippen LogP contribution in [0.3, 0.4) is 0 Å². The summed E-state index contributed by atoms with van der Waals surface area (Å²) in [6.45, 7) is 6.97. The van der Waals surface area contributed by atoms with E-state index in [4.69, 9.17) is 18.6 Å². The van der Waals surface area contributed by atoms with Crippen LogP contribution in [-0.2, 0) is 20.7 Å². The minimum atomic E-state index is -1.08. The molecular formula is C24H26INO7. The summed E-state index contributed by atoms with van der Waals surface area (Å²) in [5.74, 6) is 0.228. The van der Waals surface area contributed by atoms with Gasteiger partial charge in [-0.2, -0.15) is 0 Å². The summed E-state index contributed by atoms with van der Waals surface area (Å²) in [7, 11) is 0. The van der Waals surface area contributed by atoms with E-state index in [0.29, 0.717) is 28.0 Å². The zero-order chi connectivity index (χ0) is 24.2. The van der Waals surface area contributed by atoms with Crippen LogP contribution in [-0.4, -0.2) is 35.4 Å². The summed E-state index contributed by atoms with van der Waals surface area (Å²) < 4.78 is 23.0. The number of carbonyl (C=O) groups excluding carboxylic acids is 2. The molecule has 0 saturated heterocycles. The standard InChI is InChI=1S/C24H26INO7/c1-5-30-22(28)18(26-23(29)33-24(2,3)4)12-14-13-19(21-17(20(14)27)10-11-31-21)32-16-8-6-15(25)7-9-16/h6-11,13,18,27H,5,12H2,1-4H3,(H,26,29). The summed E-state index contributed by atoms with van der Waals surface area (Å²) in [6, 6.07) is 9.54. The molecule has 0 aliphatic rings. The third-order valence-electron chi connectivity index (χ3n) is 4.48. The molecule has 2 aromatic carbocycles. The molecule has 0 spiro atoms. The molecule has 0 aliphatic carbocycles. The molecule has 9 heteroatoms. The van der Waals surface area contributed by atoms with Crippen LogP contribution in [0.4, 0.5) is 4.79 Å². The highest BCUT2D eigenvalue weighted by Crippen LogP contribution is 2.39. The van der Waals surface area contributed by atoms with Crippen molar-refractivity contribution in [3.05, 3.63) is 51.8 Å². The van der Waals surface area contributed by atoms with Gasteiger partial charge in [0.1, 0.15) is 23.1 Å². The van der Waals surface area contributed by atoms with E-state index < -0.39 is 23.7 Å². The molecule has 1 aromatic heterocycles. The smallest absolute Gasteiger partial charge is 0.408 e. The molecule has 0 fully saturated rings.